The van der Waals surface area contributed by atoms with E-state index >= 15 is 0 Å². The van der Waals surface area contributed by atoms with Gasteiger partial charge in [0.05, 0.1) is 5.69 Å². The van der Waals surface area contributed by atoms with Crippen LogP contribution in [-0.2, 0) is 0 Å². The fourth-order valence-corrected chi connectivity index (χ4v) is 3.94. The molecule has 1 saturated heterocycles. The van der Waals surface area contributed by atoms with E-state index in [9.17, 15) is 9.90 Å². The van der Waals surface area contributed by atoms with Gasteiger partial charge in [-0.15, -0.1) is 5.10 Å². The highest BCUT2D eigenvalue weighted by molar-refractivity contribution is 5.95. The third kappa shape index (κ3) is 2.49. The molecular formula is C16H23N3O2. The third-order valence-corrected chi connectivity index (χ3v) is 5.17. The van der Waals surface area contributed by atoms with Crippen molar-refractivity contribution in [3.05, 3.63) is 16.8 Å². The minimum absolute atomic E-state index is 0.340. The van der Waals surface area contributed by atoms with Crippen LogP contribution in [0.3, 0.4) is 0 Å². The first-order valence-electron chi connectivity index (χ1n) is 7.93. The maximum Gasteiger partial charge on any atom is 0.339 e. The van der Waals surface area contributed by atoms with Gasteiger partial charge in [0.25, 0.3) is 0 Å². The summed E-state index contributed by atoms with van der Waals surface area (Å²) in [5.74, 6) is 0.384. The minimum atomic E-state index is -0.891. The quantitative estimate of drug-likeness (QED) is 0.926. The number of carbonyl (C=O) groups is 1. The molecule has 2 aliphatic rings. The SMILES string of the molecule is Cc1nnc(N2CCCC2C2CCCC2)c(C(=O)O)c1C. The van der Waals surface area contributed by atoms with Crippen LogP contribution < -0.4 is 4.90 Å². The molecule has 1 aliphatic carbocycles. The summed E-state index contributed by atoms with van der Waals surface area (Å²) >= 11 is 0. The van der Waals surface area contributed by atoms with Crippen molar-refractivity contribution in [1.29, 1.82) is 0 Å². The van der Waals surface area contributed by atoms with E-state index < -0.39 is 5.97 Å². The third-order valence-electron chi connectivity index (χ3n) is 5.17. The number of hydrogen-bond donors (Lipinski definition) is 1. The summed E-state index contributed by atoms with van der Waals surface area (Å²) in [4.78, 5) is 13.9. The average Bonchev–Trinajstić information content (AvgIpc) is 3.10. The molecule has 0 radical (unpaired) electrons. The standard InChI is InChI=1S/C16H23N3O2/c1-10-11(2)17-18-15(14(10)16(20)21)19-9-5-8-13(19)12-6-3-4-7-12/h12-13H,3-9H2,1-2H3,(H,20,21). The molecule has 5 nitrogen and oxygen atoms in total. The molecule has 114 valence electrons. The van der Waals surface area contributed by atoms with E-state index in [4.69, 9.17) is 0 Å². The van der Waals surface area contributed by atoms with E-state index in [-0.39, 0.29) is 0 Å². The molecular weight excluding hydrogens is 266 g/mol. The van der Waals surface area contributed by atoms with Crippen LogP contribution in [0.1, 0.15) is 60.1 Å². The van der Waals surface area contributed by atoms with E-state index in [0.717, 1.165) is 24.9 Å². The smallest absolute Gasteiger partial charge is 0.339 e. The second kappa shape index (κ2) is 5.62. The van der Waals surface area contributed by atoms with Gasteiger partial charge in [-0.05, 0) is 51.0 Å². The molecule has 1 N–H and O–H groups in total. The van der Waals surface area contributed by atoms with Gasteiger partial charge in [0.15, 0.2) is 5.82 Å². The monoisotopic (exact) mass is 289 g/mol. The molecule has 0 bridgehead atoms. The molecule has 1 atom stereocenters. The first kappa shape index (κ1) is 14.3. The zero-order valence-electron chi connectivity index (χ0n) is 12.8. The van der Waals surface area contributed by atoms with E-state index in [1.807, 2.05) is 13.8 Å². The fourth-order valence-electron chi connectivity index (χ4n) is 3.94. The van der Waals surface area contributed by atoms with E-state index in [1.165, 1.54) is 25.7 Å². The largest absolute Gasteiger partial charge is 0.478 e. The van der Waals surface area contributed by atoms with Crippen LogP contribution >= 0.6 is 0 Å². The van der Waals surface area contributed by atoms with Gasteiger partial charge in [-0.2, -0.15) is 5.10 Å². The lowest BCUT2D eigenvalue weighted by atomic mass is 9.95. The van der Waals surface area contributed by atoms with Crippen molar-refractivity contribution in [2.75, 3.05) is 11.4 Å². The van der Waals surface area contributed by atoms with Gasteiger partial charge in [0, 0.05) is 12.6 Å². The molecule has 0 amide bonds. The van der Waals surface area contributed by atoms with Crippen molar-refractivity contribution in [2.24, 2.45) is 5.92 Å². The Kier molecular flexibility index (Phi) is 3.83. The Bertz CT molecular complexity index is 553. The highest BCUT2D eigenvalue weighted by atomic mass is 16.4. The molecule has 1 unspecified atom stereocenters. The average molecular weight is 289 g/mol. The predicted molar refractivity (Wildman–Crippen MR) is 80.8 cm³/mol. The van der Waals surface area contributed by atoms with E-state index in [1.54, 1.807) is 0 Å². The summed E-state index contributed by atoms with van der Waals surface area (Å²) in [5, 5.41) is 18.0. The lowest BCUT2D eigenvalue weighted by molar-refractivity contribution is 0.0696. The number of hydrogen-bond acceptors (Lipinski definition) is 4. The van der Waals surface area contributed by atoms with Crippen molar-refractivity contribution in [3.8, 4) is 0 Å². The van der Waals surface area contributed by atoms with Gasteiger partial charge in [0.2, 0.25) is 0 Å². The number of rotatable bonds is 3. The normalized spacial score (nSPS) is 23.0. The van der Waals surface area contributed by atoms with Crippen molar-refractivity contribution in [2.45, 2.75) is 58.4 Å². The summed E-state index contributed by atoms with van der Waals surface area (Å²) in [6, 6.07) is 0.446. The maximum absolute atomic E-state index is 11.7. The predicted octanol–water partition coefficient (Wildman–Crippen LogP) is 2.95. The zero-order chi connectivity index (χ0) is 15.0. The molecule has 1 aromatic heterocycles. The van der Waals surface area contributed by atoms with Gasteiger partial charge < -0.3 is 10.0 Å². The highest BCUT2D eigenvalue weighted by Gasteiger charge is 2.36. The van der Waals surface area contributed by atoms with Crippen molar-refractivity contribution in [3.63, 3.8) is 0 Å². The number of nitrogens with zero attached hydrogens (tertiary/aromatic N) is 3. The first-order chi connectivity index (χ1) is 10.1. The summed E-state index contributed by atoms with van der Waals surface area (Å²) < 4.78 is 0. The Labute approximate surface area is 125 Å². The second-order valence-electron chi connectivity index (χ2n) is 6.36. The molecule has 5 heteroatoms. The lowest BCUT2D eigenvalue weighted by Crippen LogP contribution is -2.36. The van der Waals surface area contributed by atoms with E-state index in [2.05, 4.69) is 15.1 Å². The fraction of sp³-hybridized carbons (Fsp3) is 0.688. The molecule has 3 rings (SSSR count). The molecule has 21 heavy (non-hydrogen) atoms. The Hall–Kier alpha value is -1.65. The van der Waals surface area contributed by atoms with Gasteiger partial charge >= 0.3 is 5.97 Å². The summed E-state index contributed by atoms with van der Waals surface area (Å²) in [7, 11) is 0. The molecule has 0 spiro atoms. The van der Waals surface area contributed by atoms with Crippen molar-refractivity contribution in [1.82, 2.24) is 10.2 Å². The number of anilines is 1. The van der Waals surface area contributed by atoms with Crippen LogP contribution in [0.15, 0.2) is 0 Å². The van der Waals surface area contributed by atoms with Crippen molar-refractivity contribution >= 4 is 11.8 Å². The van der Waals surface area contributed by atoms with Crippen LogP contribution in [-0.4, -0.2) is 33.9 Å². The number of carboxylic acids is 1. The summed E-state index contributed by atoms with van der Waals surface area (Å²) in [6.07, 6.45) is 7.41. The number of aryl methyl sites for hydroxylation is 1. The van der Waals surface area contributed by atoms with Gasteiger partial charge in [0.1, 0.15) is 5.56 Å². The molecule has 1 aromatic rings. The molecule has 2 fully saturated rings. The van der Waals surface area contributed by atoms with Crippen LogP contribution in [0.2, 0.25) is 0 Å². The Morgan fingerprint density at radius 3 is 2.52 bits per heavy atom. The molecule has 1 aliphatic heterocycles. The minimum Gasteiger partial charge on any atom is -0.478 e. The Morgan fingerprint density at radius 2 is 1.86 bits per heavy atom. The first-order valence-corrected chi connectivity index (χ1v) is 7.93. The van der Waals surface area contributed by atoms with Gasteiger partial charge in [-0.1, -0.05) is 12.8 Å². The summed E-state index contributed by atoms with van der Waals surface area (Å²) in [5.41, 5.74) is 1.78. The molecule has 1 saturated carbocycles. The van der Waals surface area contributed by atoms with Crippen LogP contribution in [0, 0.1) is 19.8 Å². The number of carboxylic acid groups (broad SMARTS) is 1. The van der Waals surface area contributed by atoms with Gasteiger partial charge in [-0.25, -0.2) is 4.79 Å². The van der Waals surface area contributed by atoms with Crippen LogP contribution in [0.5, 0.6) is 0 Å². The van der Waals surface area contributed by atoms with E-state index in [0.29, 0.717) is 29.0 Å². The molecule has 2 heterocycles. The Morgan fingerprint density at radius 1 is 1.14 bits per heavy atom. The van der Waals surface area contributed by atoms with Crippen molar-refractivity contribution < 1.29 is 9.90 Å². The lowest BCUT2D eigenvalue weighted by Gasteiger charge is -2.31. The highest BCUT2D eigenvalue weighted by Crippen LogP contribution is 2.38. The second-order valence-corrected chi connectivity index (χ2v) is 6.36. The summed E-state index contributed by atoms with van der Waals surface area (Å²) in [6.45, 7) is 4.55. The topological polar surface area (TPSA) is 66.3 Å². The molecule has 0 aromatic carbocycles. The maximum atomic E-state index is 11.7. The number of aromatic carboxylic acids is 1. The van der Waals surface area contributed by atoms with Gasteiger partial charge in [-0.3, -0.25) is 0 Å². The number of aromatic nitrogens is 2. The zero-order valence-corrected chi connectivity index (χ0v) is 12.8. The van der Waals surface area contributed by atoms with Crippen LogP contribution in [0.25, 0.3) is 0 Å². The van der Waals surface area contributed by atoms with Crippen LogP contribution in [0.4, 0.5) is 5.82 Å². The Balaban J connectivity index is 1.99.